The lowest BCUT2D eigenvalue weighted by atomic mass is 10.2. The number of nitrogens with one attached hydrogen (secondary N) is 1. The van der Waals surface area contributed by atoms with Crippen LogP contribution in [0.15, 0.2) is 36.7 Å². The van der Waals surface area contributed by atoms with E-state index in [2.05, 4.69) is 15.3 Å². The molecule has 1 aromatic heterocycles. The van der Waals surface area contributed by atoms with Crippen LogP contribution in [0.5, 0.6) is 0 Å². The van der Waals surface area contributed by atoms with Crippen LogP contribution >= 0.6 is 0 Å². The molecule has 7 nitrogen and oxygen atoms in total. The molecule has 2 aromatic rings. The van der Waals surface area contributed by atoms with Crippen molar-refractivity contribution in [3.63, 3.8) is 0 Å². The summed E-state index contributed by atoms with van der Waals surface area (Å²) in [6.45, 7) is 7.24. The van der Waals surface area contributed by atoms with Crippen molar-refractivity contribution < 1.29 is 14.3 Å². The predicted octanol–water partition coefficient (Wildman–Crippen LogP) is 2.88. The van der Waals surface area contributed by atoms with Crippen molar-refractivity contribution in [3.05, 3.63) is 47.8 Å². The third kappa shape index (κ3) is 4.76. The highest BCUT2D eigenvalue weighted by Gasteiger charge is 2.13. The molecule has 0 aliphatic carbocycles. The number of nitrogens with zero attached hydrogens (tertiary/aromatic N) is 3. The normalized spacial score (nSPS) is 10.2. The standard InChI is InChI=1S/C18H22N4O3/c1-4-22(5-2)16(23)14-11-19-18(20-12-14)21-15-9-7-13(8-10-15)17(24)25-6-3/h7-12H,4-6H2,1-3H3,(H,19,20,21). The largest absolute Gasteiger partial charge is 0.462 e. The van der Waals surface area contributed by atoms with Gasteiger partial charge in [0.15, 0.2) is 0 Å². The molecular weight excluding hydrogens is 320 g/mol. The molecule has 0 aliphatic rings. The lowest BCUT2D eigenvalue weighted by molar-refractivity contribution is 0.0526. The Bertz CT molecular complexity index is 710. The molecule has 0 fully saturated rings. The number of hydrogen-bond acceptors (Lipinski definition) is 6. The van der Waals surface area contributed by atoms with Crippen molar-refractivity contribution in [1.29, 1.82) is 0 Å². The number of hydrogen-bond donors (Lipinski definition) is 1. The third-order valence-corrected chi connectivity index (χ3v) is 3.60. The van der Waals surface area contributed by atoms with Crippen LogP contribution in [0, 0.1) is 0 Å². The Morgan fingerprint density at radius 1 is 1.00 bits per heavy atom. The molecule has 2 rings (SSSR count). The average molecular weight is 342 g/mol. The number of rotatable bonds is 7. The summed E-state index contributed by atoms with van der Waals surface area (Å²) in [4.78, 5) is 33.9. The summed E-state index contributed by atoms with van der Waals surface area (Å²) in [5.74, 6) is -0.0695. The quantitative estimate of drug-likeness (QED) is 0.779. The number of carbonyl (C=O) groups is 2. The van der Waals surface area contributed by atoms with Crippen LogP contribution in [-0.4, -0.2) is 46.4 Å². The molecule has 0 unspecified atom stereocenters. The highest BCUT2D eigenvalue weighted by Crippen LogP contribution is 2.15. The number of carbonyl (C=O) groups excluding carboxylic acids is 2. The van der Waals surface area contributed by atoms with Gasteiger partial charge in [0, 0.05) is 31.2 Å². The Balaban J connectivity index is 2.04. The number of anilines is 2. The van der Waals surface area contributed by atoms with Crippen molar-refractivity contribution in [2.45, 2.75) is 20.8 Å². The zero-order valence-electron chi connectivity index (χ0n) is 14.7. The van der Waals surface area contributed by atoms with Gasteiger partial charge in [0.1, 0.15) is 0 Å². The van der Waals surface area contributed by atoms with Gasteiger partial charge in [-0.25, -0.2) is 14.8 Å². The van der Waals surface area contributed by atoms with E-state index >= 15 is 0 Å². The number of amides is 1. The summed E-state index contributed by atoms with van der Waals surface area (Å²) in [5, 5.41) is 3.03. The molecule has 0 saturated heterocycles. The van der Waals surface area contributed by atoms with E-state index < -0.39 is 0 Å². The molecule has 0 radical (unpaired) electrons. The van der Waals surface area contributed by atoms with Gasteiger partial charge in [0.05, 0.1) is 17.7 Å². The minimum atomic E-state index is -0.357. The van der Waals surface area contributed by atoms with Crippen molar-refractivity contribution in [2.75, 3.05) is 25.0 Å². The van der Waals surface area contributed by atoms with Crippen molar-refractivity contribution in [3.8, 4) is 0 Å². The second-order valence-electron chi connectivity index (χ2n) is 5.20. The zero-order valence-corrected chi connectivity index (χ0v) is 14.7. The van der Waals surface area contributed by atoms with E-state index in [-0.39, 0.29) is 11.9 Å². The van der Waals surface area contributed by atoms with E-state index in [4.69, 9.17) is 4.74 Å². The maximum atomic E-state index is 12.2. The molecule has 132 valence electrons. The van der Waals surface area contributed by atoms with E-state index in [9.17, 15) is 9.59 Å². The van der Waals surface area contributed by atoms with Crippen molar-refractivity contribution in [1.82, 2.24) is 14.9 Å². The summed E-state index contributed by atoms with van der Waals surface area (Å²) in [6, 6.07) is 6.81. The molecule has 0 aliphatic heterocycles. The first-order valence-corrected chi connectivity index (χ1v) is 8.24. The number of esters is 1. The molecule has 25 heavy (non-hydrogen) atoms. The molecule has 7 heteroatoms. The summed E-state index contributed by atoms with van der Waals surface area (Å²) in [6.07, 6.45) is 3.01. The van der Waals surface area contributed by atoms with Gasteiger partial charge in [-0.15, -0.1) is 0 Å². The van der Waals surface area contributed by atoms with E-state index in [0.29, 0.717) is 36.8 Å². The Morgan fingerprint density at radius 2 is 1.60 bits per heavy atom. The first-order valence-electron chi connectivity index (χ1n) is 8.24. The Morgan fingerprint density at radius 3 is 2.12 bits per heavy atom. The maximum Gasteiger partial charge on any atom is 0.338 e. The van der Waals surface area contributed by atoms with Crippen LogP contribution in [0.3, 0.4) is 0 Å². The molecule has 1 aromatic carbocycles. The van der Waals surface area contributed by atoms with Gasteiger partial charge in [-0.3, -0.25) is 4.79 Å². The Labute approximate surface area is 147 Å². The topological polar surface area (TPSA) is 84.4 Å². The van der Waals surface area contributed by atoms with Gasteiger partial charge in [-0.1, -0.05) is 0 Å². The minimum Gasteiger partial charge on any atom is -0.462 e. The van der Waals surface area contributed by atoms with Crippen LogP contribution < -0.4 is 5.32 Å². The second-order valence-corrected chi connectivity index (χ2v) is 5.20. The molecule has 1 heterocycles. The van der Waals surface area contributed by atoms with E-state index in [1.807, 2.05) is 13.8 Å². The lowest BCUT2D eigenvalue weighted by Crippen LogP contribution is -2.30. The molecule has 0 atom stereocenters. The van der Waals surface area contributed by atoms with E-state index in [1.54, 1.807) is 36.1 Å². The fraction of sp³-hybridized carbons (Fsp3) is 0.333. The SMILES string of the molecule is CCOC(=O)c1ccc(Nc2ncc(C(=O)N(CC)CC)cn2)cc1. The number of ether oxygens (including phenoxy) is 1. The molecular formula is C18H22N4O3. The summed E-state index contributed by atoms with van der Waals surface area (Å²) in [7, 11) is 0. The van der Waals surface area contributed by atoms with Gasteiger partial charge in [-0.2, -0.15) is 0 Å². The van der Waals surface area contributed by atoms with Crippen LogP contribution in [0.25, 0.3) is 0 Å². The lowest BCUT2D eigenvalue weighted by Gasteiger charge is -2.18. The maximum absolute atomic E-state index is 12.2. The highest BCUT2D eigenvalue weighted by molar-refractivity contribution is 5.93. The van der Waals surface area contributed by atoms with E-state index in [0.717, 1.165) is 5.69 Å². The average Bonchev–Trinajstić information content (AvgIpc) is 2.64. The van der Waals surface area contributed by atoms with Gasteiger partial charge in [0.2, 0.25) is 5.95 Å². The first kappa shape index (κ1) is 18.4. The van der Waals surface area contributed by atoms with Crippen LogP contribution in [0.1, 0.15) is 41.5 Å². The van der Waals surface area contributed by atoms with Crippen molar-refractivity contribution in [2.24, 2.45) is 0 Å². The Hall–Kier alpha value is -2.96. The minimum absolute atomic E-state index is 0.0876. The zero-order chi connectivity index (χ0) is 18.2. The number of aromatic nitrogens is 2. The van der Waals surface area contributed by atoms with Gasteiger partial charge in [-0.05, 0) is 45.0 Å². The fourth-order valence-corrected chi connectivity index (χ4v) is 2.23. The smallest absolute Gasteiger partial charge is 0.338 e. The summed E-state index contributed by atoms with van der Waals surface area (Å²) in [5.41, 5.74) is 1.66. The van der Waals surface area contributed by atoms with Crippen LogP contribution in [-0.2, 0) is 4.74 Å². The summed E-state index contributed by atoms with van der Waals surface area (Å²) >= 11 is 0. The molecule has 0 spiro atoms. The Kier molecular flexibility index (Phi) is 6.45. The van der Waals surface area contributed by atoms with Crippen LogP contribution in [0.4, 0.5) is 11.6 Å². The predicted molar refractivity (Wildman–Crippen MR) is 95.0 cm³/mol. The van der Waals surface area contributed by atoms with Gasteiger partial charge >= 0.3 is 5.97 Å². The first-order chi connectivity index (χ1) is 12.1. The van der Waals surface area contributed by atoms with Crippen LogP contribution in [0.2, 0.25) is 0 Å². The second kappa shape index (κ2) is 8.77. The molecule has 0 saturated carbocycles. The highest BCUT2D eigenvalue weighted by atomic mass is 16.5. The third-order valence-electron chi connectivity index (χ3n) is 3.60. The molecule has 0 bridgehead atoms. The van der Waals surface area contributed by atoms with Gasteiger partial charge in [0.25, 0.3) is 5.91 Å². The molecule has 1 N–H and O–H groups in total. The number of benzene rings is 1. The fourth-order valence-electron chi connectivity index (χ4n) is 2.23. The summed E-state index contributed by atoms with van der Waals surface area (Å²) < 4.78 is 4.94. The van der Waals surface area contributed by atoms with Gasteiger partial charge < -0.3 is 15.0 Å². The molecule has 1 amide bonds. The van der Waals surface area contributed by atoms with Crippen molar-refractivity contribution >= 4 is 23.5 Å². The monoisotopic (exact) mass is 342 g/mol. The van der Waals surface area contributed by atoms with E-state index in [1.165, 1.54) is 12.4 Å².